The van der Waals surface area contributed by atoms with Crippen LogP contribution in [0.5, 0.6) is 11.5 Å². The Hall–Kier alpha value is -4.77. The van der Waals surface area contributed by atoms with Crippen LogP contribution in [-0.2, 0) is 5.41 Å². The van der Waals surface area contributed by atoms with Gasteiger partial charge in [-0.2, -0.15) is 5.26 Å². The lowest BCUT2D eigenvalue weighted by atomic mass is 9.75. The predicted octanol–water partition coefficient (Wildman–Crippen LogP) is 9.95. The van der Waals surface area contributed by atoms with Crippen LogP contribution in [0.4, 0.5) is 8.78 Å². The van der Waals surface area contributed by atoms with Crippen molar-refractivity contribution < 1.29 is 18.3 Å². The molecule has 0 fully saturated rings. The van der Waals surface area contributed by atoms with Gasteiger partial charge >= 0.3 is 0 Å². The number of nitrogens with one attached hydrogen (secondary N) is 2. The molecule has 0 aliphatic heterocycles. The summed E-state index contributed by atoms with van der Waals surface area (Å²) in [6, 6.07) is 17.5. The van der Waals surface area contributed by atoms with Crippen molar-refractivity contribution in [2.75, 3.05) is 0 Å². The Kier molecular flexibility index (Phi) is 10.7. The Bertz CT molecular complexity index is 1770. The molecule has 2 N–H and O–H groups in total. The van der Waals surface area contributed by atoms with Crippen molar-refractivity contribution in [3.63, 3.8) is 0 Å². The SMILES string of the molecule is CC.Cc1cccc(C(C)(CCCCCCC#N)c2cnc(-c3cc(Oc4c(F)cc5[nH]ccc5c4C=O)ccc3F)[nH]2)c1. The highest BCUT2D eigenvalue weighted by Gasteiger charge is 2.31. The normalized spacial score (nSPS) is 12.2. The van der Waals surface area contributed by atoms with Gasteiger partial charge in [-0.15, -0.1) is 0 Å². The number of aromatic amines is 2. The van der Waals surface area contributed by atoms with E-state index in [-0.39, 0.29) is 22.6 Å². The number of fused-ring (bicyclic) bond motifs is 1. The van der Waals surface area contributed by atoms with Gasteiger partial charge in [0.15, 0.2) is 17.9 Å². The number of aryl methyl sites for hydroxylation is 1. The molecule has 0 radical (unpaired) electrons. The summed E-state index contributed by atoms with van der Waals surface area (Å²) in [6.07, 6.45) is 9.16. The quantitative estimate of drug-likeness (QED) is 0.111. The molecule has 1 unspecified atom stereocenters. The number of benzene rings is 3. The standard InChI is InChI=1S/C34H32F2N4O2.C2H6/c1-22-9-8-10-23(17-22)34(2,14-6-4-3-5-7-15-37)31-20-39-33(40-31)26-18-24(11-12-28(26)35)42-32-27(21-41)25-13-16-38-30(25)19-29(32)36;1-2/h8-13,16-21,38H,3-7,14H2,1-2H3,(H,39,40);1-2H3. The first kappa shape index (κ1) is 32.2. The number of aromatic nitrogens is 3. The summed E-state index contributed by atoms with van der Waals surface area (Å²) in [6.45, 7) is 8.21. The molecular weight excluding hydrogens is 558 g/mol. The maximum atomic E-state index is 15.1. The van der Waals surface area contributed by atoms with Crippen LogP contribution in [0.15, 0.2) is 67.0 Å². The molecule has 0 amide bonds. The molecule has 228 valence electrons. The molecule has 0 aliphatic carbocycles. The van der Waals surface area contributed by atoms with Gasteiger partial charge in [-0.25, -0.2) is 13.8 Å². The third-order valence-electron chi connectivity index (χ3n) is 7.87. The monoisotopic (exact) mass is 596 g/mol. The van der Waals surface area contributed by atoms with E-state index in [1.165, 1.54) is 24.3 Å². The van der Waals surface area contributed by atoms with Crippen LogP contribution in [-0.4, -0.2) is 21.2 Å². The molecule has 44 heavy (non-hydrogen) atoms. The van der Waals surface area contributed by atoms with Crippen molar-refractivity contribution in [2.24, 2.45) is 0 Å². The molecule has 8 heteroatoms. The Morgan fingerprint density at radius 1 is 1.02 bits per heavy atom. The summed E-state index contributed by atoms with van der Waals surface area (Å²) in [5.74, 6) is -0.968. The van der Waals surface area contributed by atoms with Crippen molar-refractivity contribution in [1.82, 2.24) is 15.0 Å². The predicted molar refractivity (Wildman–Crippen MR) is 170 cm³/mol. The Balaban J connectivity index is 0.00000216. The number of carbonyl (C=O) groups excluding carboxylic acids is 1. The topological polar surface area (TPSA) is 94.6 Å². The number of halogens is 2. The van der Waals surface area contributed by atoms with E-state index in [0.29, 0.717) is 29.4 Å². The fourth-order valence-electron chi connectivity index (χ4n) is 5.47. The smallest absolute Gasteiger partial charge is 0.174 e. The minimum absolute atomic E-state index is 0.0685. The van der Waals surface area contributed by atoms with Crippen LogP contribution in [0, 0.1) is 29.9 Å². The number of unbranched alkanes of at least 4 members (excludes halogenated alkanes) is 4. The zero-order valence-electron chi connectivity index (χ0n) is 25.6. The van der Waals surface area contributed by atoms with Crippen molar-refractivity contribution in [3.05, 3.63) is 101 Å². The van der Waals surface area contributed by atoms with E-state index >= 15 is 4.39 Å². The van der Waals surface area contributed by atoms with Crippen molar-refractivity contribution in [1.29, 1.82) is 5.26 Å². The van der Waals surface area contributed by atoms with E-state index < -0.39 is 17.0 Å². The number of imidazole rings is 1. The van der Waals surface area contributed by atoms with E-state index in [1.807, 2.05) is 19.9 Å². The second-order valence-corrected chi connectivity index (χ2v) is 10.8. The van der Waals surface area contributed by atoms with E-state index in [4.69, 9.17) is 10.00 Å². The number of hydrogen-bond acceptors (Lipinski definition) is 4. The maximum Gasteiger partial charge on any atom is 0.174 e. The number of nitrogens with zero attached hydrogens (tertiary/aromatic N) is 2. The fourth-order valence-corrected chi connectivity index (χ4v) is 5.47. The number of nitriles is 1. The Labute approximate surface area is 257 Å². The van der Waals surface area contributed by atoms with Gasteiger partial charge < -0.3 is 14.7 Å². The number of aldehydes is 1. The summed E-state index contributed by atoms with van der Waals surface area (Å²) in [5.41, 5.74) is 3.41. The number of ether oxygens (including phenoxy) is 1. The highest BCUT2D eigenvalue weighted by atomic mass is 19.1. The summed E-state index contributed by atoms with van der Waals surface area (Å²) in [4.78, 5) is 22.6. The van der Waals surface area contributed by atoms with Crippen LogP contribution >= 0.6 is 0 Å². The minimum atomic E-state index is -0.709. The van der Waals surface area contributed by atoms with Crippen LogP contribution in [0.3, 0.4) is 0 Å². The molecule has 1 atom stereocenters. The molecular formula is C36H38F2N4O2. The Morgan fingerprint density at radius 3 is 2.57 bits per heavy atom. The first-order valence-corrected chi connectivity index (χ1v) is 15.1. The van der Waals surface area contributed by atoms with Gasteiger partial charge in [-0.1, -0.05) is 62.9 Å². The summed E-state index contributed by atoms with van der Waals surface area (Å²) >= 11 is 0. The van der Waals surface area contributed by atoms with Gasteiger partial charge in [0.2, 0.25) is 0 Å². The molecule has 0 aliphatic rings. The molecule has 5 aromatic rings. The average molecular weight is 597 g/mol. The van der Waals surface area contributed by atoms with Gasteiger partial charge in [0.1, 0.15) is 17.4 Å². The molecule has 0 bridgehead atoms. The van der Waals surface area contributed by atoms with Crippen LogP contribution in [0.2, 0.25) is 0 Å². The summed E-state index contributed by atoms with van der Waals surface area (Å²) in [5, 5.41) is 9.35. The molecule has 6 nitrogen and oxygen atoms in total. The highest BCUT2D eigenvalue weighted by Crippen LogP contribution is 2.39. The van der Waals surface area contributed by atoms with E-state index in [9.17, 15) is 9.18 Å². The number of carbonyl (C=O) groups is 1. The number of H-pyrrole nitrogens is 2. The fraction of sp³-hybridized carbons (Fsp3) is 0.306. The zero-order chi connectivity index (χ0) is 31.7. The Morgan fingerprint density at radius 2 is 1.82 bits per heavy atom. The molecule has 0 saturated carbocycles. The average Bonchev–Trinajstić information content (AvgIpc) is 3.72. The second-order valence-electron chi connectivity index (χ2n) is 10.8. The maximum absolute atomic E-state index is 15.1. The lowest BCUT2D eigenvalue weighted by Crippen LogP contribution is -2.24. The largest absolute Gasteiger partial charge is 0.453 e. The summed E-state index contributed by atoms with van der Waals surface area (Å²) < 4.78 is 35.9. The van der Waals surface area contributed by atoms with Gasteiger partial charge in [0, 0.05) is 46.9 Å². The van der Waals surface area contributed by atoms with Crippen molar-refractivity contribution in [2.45, 2.75) is 71.6 Å². The zero-order valence-corrected chi connectivity index (χ0v) is 25.6. The first-order valence-electron chi connectivity index (χ1n) is 15.1. The summed E-state index contributed by atoms with van der Waals surface area (Å²) in [7, 11) is 0. The van der Waals surface area contributed by atoms with Crippen molar-refractivity contribution in [3.8, 4) is 29.0 Å². The second kappa shape index (κ2) is 14.6. The van der Waals surface area contributed by atoms with E-state index in [2.05, 4.69) is 53.1 Å². The lowest BCUT2D eigenvalue weighted by molar-refractivity contribution is 0.112. The lowest BCUT2D eigenvalue weighted by Gasteiger charge is -2.30. The van der Waals surface area contributed by atoms with Crippen LogP contribution < -0.4 is 4.74 Å². The molecule has 2 aromatic heterocycles. The molecule has 0 spiro atoms. The highest BCUT2D eigenvalue weighted by molar-refractivity contribution is 6.00. The van der Waals surface area contributed by atoms with E-state index in [1.54, 1.807) is 18.5 Å². The molecule has 3 aromatic carbocycles. The van der Waals surface area contributed by atoms with Gasteiger partial charge in [-0.3, -0.25) is 4.79 Å². The number of hydrogen-bond donors (Lipinski definition) is 2. The first-order chi connectivity index (χ1) is 21.3. The third kappa shape index (κ3) is 6.89. The third-order valence-corrected chi connectivity index (χ3v) is 7.87. The molecule has 2 heterocycles. The van der Waals surface area contributed by atoms with Gasteiger partial charge in [0.05, 0.1) is 17.2 Å². The van der Waals surface area contributed by atoms with Gasteiger partial charge in [-0.05, 0) is 56.5 Å². The van der Waals surface area contributed by atoms with Crippen LogP contribution in [0.1, 0.15) is 86.5 Å². The van der Waals surface area contributed by atoms with E-state index in [0.717, 1.165) is 48.9 Å². The molecule has 0 saturated heterocycles. The minimum Gasteiger partial charge on any atom is -0.453 e. The molecule has 5 rings (SSSR count). The van der Waals surface area contributed by atoms with Gasteiger partial charge in [0.25, 0.3) is 0 Å². The van der Waals surface area contributed by atoms with Crippen molar-refractivity contribution >= 4 is 17.2 Å². The number of rotatable bonds is 12. The van der Waals surface area contributed by atoms with Crippen LogP contribution in [0.25, 0.3) is 22.3 Å².